The molecule has 2 nitrogen and oxygen atoms in total. The molecule has 398 valence electrons. The molecular weight excluding hydrogens is 1020 g/mol. The Balaban J connectivity index is 0.813. The van der Waals surface area contributed by atoms with Gasteiger partial charge in [0.1, 0.15) is 0 Å². The third kappa shape index (κ3) is 7.25. The Bertz CT molecular complexity index is 4820. The molecule has 85 heavy (non-hydrogen) atoms. The van der Waals surface area contributed by atoms with Crippen LogP contribution in [0.3, 0.4) is 0 Å². The number of nitrogens with zero attached hydrogens (tertiary/aromatic N) is 2. The van der Waals surface area contributed by atoms with E-state index in [9.17, 15) is 0 Å². The lowest BCUT2D eigenvalue weighted by molar-refractivity contribution is 0.768. The second kappa shape index (κ2) is 19.4. The molecular formula is C83H56N2. The van der Waals surface area contributed by atoms with Crippen LogP contribution in [-0.2, 0) is 17.3 Å². The Kier molecular flexibility index (Phi) is 11.2. The number of benzene rings is 14. The summed E-state index contributed by atoms with van der Waals surface area (Å²) in [6.07, 6.45) is 0.804. The summed E-state index contributed by atoms with van der Waals surface area (Å²) in [4.78, 5) is 5.00. The van der Waals surface area contributed by atoms with E-state index in [4.69, 9.17) is 0 Å². The molecule has 0 saturated carbocycles. The van der Waals surface area contributed by atoms with Crippen LogP contribution in [0, 0.1) is 0 Å². The van der Waals surface area contributed by atoms with Gasteiger partial charge in [-0.25, -0.2) is 0 Å². The van der Waals surface area contributed by atoms with Gasteiger partial charge in [-0.3, -0.25) is 0 Å². The maximum absolute atomic E-state index is 2.52. The normalized spacial score (nSPS) is 13.6. The molecule has 14 aromatic carbocycles. The average Bonchev–Trinajstić information content (AvgIpc) is 3.53. The summed E-state index contributed by atoms with van der Waals surface area (Å²) >= 11 is 0. The fourth-order valence-corrected chi connectivity index (χ4v) is 15.3. The van der Waals surface area contributed by atoms with Crippen molar-refractivity contribution in [3.63, 3.8) is 0 Å². The van der Waals surface area contributed by atoms with Crippen LogP contribution < -0.4 is 9.80 Å². The SMILES string of the molecule is c1ccc(C2(c3ccc(N(c4ccc5c(c4)-c4cccc(N(c6ccc(C7(c8ccccc8)c8ccccc8-c8ccccc87)cc6)c6cccc7ccccc67)c4C5)c4cccc5ccccc45)cc3)c3ccccc3-c3ccccc32)cc1. The van der Waals surface area contributed by atoms with E-state index >= 15 is 0 Å². The predicted molar refractivity (Wildman–Crippen MR) is 354 cm³/mol. The molecule has 0 saturated heterocycles. The van der Waals surface area contributed by atoms with Crippen molar-refractivity contribution in [3.05, 3.63) is 383 Å². The van der Waals surface area contributed by atoms with E-state index in [1.165, 1.54) is 116 Å². The molecule has 3 aliphatic rings. The second-order valence-electron chi connectivity index (χ2n) is 23.0. The van der Waals surface area contributed by atoms with Crippen LogP contribution in [0.4, 0.5) is 34.1 Å². The smallest absolute Gasteiger partial charge is 0.0713 e. The van der Waals surface area contributed by atoms with Crippen molar-refractivity contribution < 1.29 is 0 Å². The summed E-state index contributed by atoms with van der Waals surface area (Å²) in [7, 11) is 0. The van der Waals surface area contributed by atoms with Crippen molar-refractivity contribution in [1.29, 1.82) is 0 Å². The maximum Gasteiger partial charge on any atom is 0.0713 e. The summed E-state index contributed by atoms with van der Waals surface area (Å²) in [6, 6.07) is 122. The number of fused-ring (bicyclic) bond motifs is 11. The molecule has 0 N–H and O–H groups in total. The lowest BCUT2D eigenvalue weighted by Gasteiger charge is -2.34. The molecule has 0 unspecified atom stereocenters. The number of hydrogen-bond donors (Lipinski definition) is 0. The summed E-state index contributed by atoms with van der Waals surface area (Å²) in [6.45, 7) is 0. The zero-order chi connectivity index (χ0) is 56.1. The van der Waals surface area contributed by atoms with Gasteiger partial charge in [0.2, 0.25) is 0 Å². The van der Waals surface area contributed by atoms with Crippen molar-refractivity contribution >= 4 is 55.7 Å². The number of rotatable bonds is 10. The van der Waals surface area contributed by atoms with Crippen LogP contribution in [0.15, 0.2) is 328 Å². The van der Waals surface area contributed by atoms with Crippen molar-refractivity contribution in [2.24, 2.45) is 0 Å². The van der Waals surface area contributed by atoms with Gasteiger partial charge in [0.15, 0.2) is 0 Å². The summed E-state index contributed by atoms with van der Waals surface area (Å²) in [5, 5.41) is 4.81. The third-order valence-corrected chi connectivity index (χ3v) is 18.9. The fourth-order valence-electron chi connectivity index (χ4n) is 15.3. The average molecular weight is 1080 g/mol. The number of anilines is 6. The van der Waals surface area contributed by atoms with Gasteiger partial charge in [0.05, 0.1) is 27.9 Å². The molecule has 0 bridgehead atoms. The first-order chi connectivity index (χ1) is 42.2. The van der Waals surface area contributed by atoms with E-state index < -0.39 is 10.8 Å². The van der Waals surface area contributed by atoms with Gasteiger partial charge in [0, 0.05) is 34.3 Å². The molecule has 0 spiro atoms. The summed E-state index contributed by atoms with van der Waals surface area (Å²) in [5.41, 5.74) is 26.4. The monoisotopic (exact) mass is 1080 g/mol. The van der Waals surface area contributed by atoms with E-state index in [2.05, 4.69) is 337 Å². The summed E-state index contributed by atoms with van der Waals surface area (Å²) < 4.78 is 0. The quantitative estimate of drug-likeness (QED) is 0.135. The molecule has 3 aliphatic carbocycles. The van der Waals surface area contributed by atoms with Crippen molar-refractivity contribution in [2.75, 3.05) is 9.80 Å². The van der Waals surface area contributed by atoms with Crippen LogP contribution in [0.5, 0.6) is 0 Å². The lowest BCUT2D eigenvalue weighted by atomic mass is 9.68. The van der Waals surface area contributed by atoms with Crippen LogP contribution >= 0.6 is 0 Å². The van der Waals surface area contributed by atoms with Gasteiger partial charge in [-0.15, -0.1) is 0 Å². The molecule has 17 rings (SSSR count). The maximum atomic E-state index is 2.52. The van der Waals surface area contributed by atoms with Crippen LogP contribution in [0.25, 0.3) is 54.9 Å². The van der Waals surface area contributed by atoms with E-state index in [1.807, 2.05) is 0 Å². The molecule has 0 aromatic heterocycles. The van der Waals surface area contributed by atoms with Crippen LogP contribution in [0.1, 0.15) is 55.6 Å². The molecule has 0 heterocycles. The highest BCUT2D eigenvalue weighted by Gasteiger charge is 2.47. The van der Waals surface area contributed by atoms with Gasteiger partial charge < -0.3 is 9.80 Å². The van der Waals surface area contributed by atoms with E-state index in [0.29, 0.717) is 0 Å². The van der Waals surface area contributed by atoms with Gasteiger partial charge in [-0.1, -0.05) is 273 Å². The van der Waals surface area contributed by atoms with Gasteiger partial charge in [0.25, 0.3) is 0 Å². The van der Waals surface area contributed by atoms with Gasteiger partial charge in [-0.2, -0.15) is 0 Å². The Labute approximate surface area is 496 Å². The minimum absolute atomic E-state index is 0.493. The van der Waals surface area contributed by atoms with Gasteiger partial charge >= 0.3 is 0 Å². The standard InChI is InChI=1S/C83H56N2/c1-3-26-59(27-4-1)82(75-37-15-11-32-69(75)70-33-12-16-38-76(70)82)61-45-50-63(51-46-61)84(79-41-19-24-56-22-7-9-30-66(56)79)65-49-44-58-54-74-68(73(58)55-65)36-21-43-81(74)85(80-42-20-25-57-23-8-10-31-67(57)80)64-52-47-62(48-53-64)83(60-28-5-2-6-29-60)77-39-17-13-34-71(77)72-35-14-18-40-78(72)83/h1-53,55H,54H2. The van der Waals surface area contributed by atoms with Crippen molar-refractivity contribution in [1.82, 2.24) is 0 Å². The van der Waals surface area contributed by atoms with E-state index in [-0.39, 0.29) is 0 Å². The summed E-state index contributed by atoms with van der Waals surface area (Å²) in [5.74, 6) is 0. The molecule has 2 heteroatoms. The first kappa shape index (κ1) is 48.9. The fraction of sp³-hybridized carbons (Fsp3) is 0.0361. The first-order valence-corrected chi connectivity index (χ1v) is 29.7. The predicted octanol–water partition coefficient (Wildman–Crippen LogP) is 21.2. The minimum atomic E-state index is -0.495. The Morgan fingerprint density at radius 3 is 1.08 bits per heavy atom. The Morgan fingerprint density at radius 1 is 0.235 bits per heavy atom. The second-order valence-corrected chi connectivity index (χ2v) is 23.0. The molecule has 14 aromatic rings. The van der Waals surface area contributed by atoms with Gasteiger partial charge in [-0.05, 0) is 154 Å². The van der Waals surface area contributed by atoms with Crippen molar-refractivity contribution in [2.45, 2.75) is 17.3 Å². The van der Waals surface area contributed by atoms with Crippen LogP contribution in [-0.4, -0.2) is 0 Å². The minimum Gasteiger partial charge on any atom is -0.310 e. The largest absolute Gasteiger partial charge is 0.310 e. The van der Waals surface area contributed by atoms with Crippen molar-refractivity contribution in [3.8, 4) is 33.4 Å². The highest BCUT2D eigenvalue weighted by Crippen LogP contribution is 2.59. The highest BCUT2D eigenvalue weighted by atomic mass is 15.2. The molecule has 0 fully saturated rings. The molecule has 0 amide bonds. The first-order valence-electron chi connectivity index (χ1n) is 29.7. The topological polar surface area (TPSA) is 6.48 Å². The Hall–Kier alpha value is -10.8. The third-order valence-electron chi connectivity index (χ3n) is 18.9. The van der Waals surface area contributed by atoms with E-state index in [0.717, 1.165) is 34.9 Å². The molecule has 0 radical (unpaired) electrons. The van der Waals surface area contributed by atoms with E-state index in [1.54, 1.807) is 0 Å². The molecule has 0 aliphatic heterocycles. The number of hydrogen-bond acceptors (Lipinski definition) is 2. The Morgan fingerprint density at radius 2 is 0.588 bits per heavy atom. The zero-order valence-corrected chi connectivity index (χ0v) is 46.8. The lowest BCUT2D eigenvalue weighted by Crippen LogP contribution is -2.28. The molecule has 0 atom stereocenters. The van der Waals surface area contributed by atoms with Crippen LogP contribution in [0.2, 0.25) is 0 Å². The zero-order valence-electron chi connectivity index (χ0n) is 46.8. The highest BCUT2D eigenvalue weighted by molar-refractivity contribution is 6.02.